The lowest BCUT2D eigenvalue weighted by atomic mass is 10.0. The first-order chi connectivity index (χ1) is 14.5. The Balaban J connectivity index is 2.33. The number of sulfonamides is 1. The zero-order valence-electron chi connectivity index (χ0n) is 18.5. The van der Waals surface area contributed by atoms with Gasteiger partial charge in [0.25, 0.3) is 5.69 Å². The van der Waals surface area contributed by atoms with Gasteiger partial charge in [-0.15, -0.1) is 0 Å². The number of carbonyl (C=O) groups excluding carboxylic acids is 1. The van der Waals surface area contributed by atoms with Crippen LogP contribution in [0.15, 0.2) is 36.4 Å². The van der Waals surface area contributed by atoms with E-state index in [4.69, 9.17) is 0 Å². The minimum absolute atomic E-state index is 0.113. The molecule has 9 heteroatoms. The molecule has 1 N–H and O–H groups in total. The van der Waals surface area contributed by atoms with Crippen LogP contribution in [0.2, 0.25) is 0 Å². The summed E-state index contributed by atoms with van der Waals surface area (Å²) in [5.74, 6) is -0.486. The molecule has 0 aliphatic carbocycles. The van der Waals surface area contributed by atoms with Gasteiger partial charge in [-0.2, -0.15) is 0 Å². The number of nitrogens with zero attached hydrogens (tertiary/aromatic N) is 2. The molecule has 2 aromatic rings. The Labute approximate surface area is 183 Å². The number of hydrogen-bond donors (Lipinski definition) is 1. The van der Waals surface area contributed by atoms with Crippen molar-refractivity contribution in [2.24, 2.45) is 0 Å². The maximum atomic E-state index is 12.9. The summed E-state index contributed by atoms with van der Waals surface area (Å²) >= 11 is 0. The average molecular weight is 448 g/mol. The van der Waals surface area contributed by atoms with Crippen molar-refractivity contribution < 1.29 is 18.1 Å². The van der Waals surface area contributed by atoms with Crippen LogP contribution in [-0.4, -0.2) is 31.5 Å². The summed E-state index contributed by atoms with van der Waals surface area (Å²) in [6.07, 6.45) is 2.66. The van der Waals surface area contributed by atoms with Crippen LogP contribution in [0.25, 0.3) is 0 Å². The number of anilines is 1. The number of nitro groups is 1. The largest absolute Gasteiger partial charge is 0.350 e. The highest BCUT2D eigenvalue weighted by Crippen LogP contribution is 2.29. The maximum absolute atomic E-state index is 12.9. The second-order valence-electron chi connectivity index (χ2n) is 7.49. The molecule has 2 rings (SSSR count). The molecule has 31 heavy (non-hydrogen) atoms. The predicted molar refractivity (Wildman–Crippen MR) is 122 cm³/mol. The number of hydrogen-bond acceptors (Lipinski definition) is 5. The maximum Gasteiger partial charge on any atom is 0.271 e. The van der Waals surface area contributed by atoms with Gasteiger partial charge in [0, 0.05) is 18.7 Å². The fraction of sp³-hybridized carbons (Fsp3) is 0.409. The molecule has 8 nitrogen and oxygen atoms in total. The summed E-state index contributed by atoms with van der Waals surface area (Å²) in [5, 5.41) is 14.0. The van der Waals surface area contributed by atoms with Gasteiger partial charge in [-0.05, 0) is 48.9 Å². The van der Waals surface area contributed by atoms with E-state index in [0.29, 0.717) is 5.56 Å². The molecule has 0 spiro atoms. The third-order valence-electron chi connectivity index (χ3n) is 5.24. The molecule has 0 aliphatic heterocycles. The van der Waals surface area contributed by atoms with E-state index < -0.39 is 26.9 Å². The van der Waals surface area contributed by atoms with Crippen molar-refractivity contribution >= 4 is 27.3 Å². The lowest BCUT2D eigenvalue weighted by Gasteiger charge is -2.29. The Hall–Kier alpha value is -2.94. The van der Waals surface area contributed by atoms with E-state index in [9.17, 15) is 23.3 Å². The monoisotopic (exact) mass is 447 g/mol. The third-order valence-corrected chi connectivity index (χ3v) is 6.47. The fourth-order valence-electron chi connectivity index (χ4n) is 3.47. The minimum Gasteiger partial charge on any atom is -0.350 e. The summed E-state index contributed by atoms with van der Waals surface area (Å²) in [6.45, 7) is 7.47. The zero-order chi connectivity index (χ0) is 23.3. The fourth-order valence-corrected chi connectivity index (χ4v) is 4.69. The molecule has 0 saturated heterocycles. The smallest absolute Gasteiger partial charge is 0.271 e. The molecule has 1 atom stereocenters. The van der Waals surface area contributed by atoms with Crippen molar-refractivity contribution in [3.63, 3.8) is 0 Å². The minimum atomic E-state index is -3.88. The van der Waals surface area contributed by atoms with Crippen molar-refractivity contribution in [2.75, 3.05) is 10.6 Å². The molecule has 0 unspecified atom stereocenters. The number of rotatable bonds is 9. The standard InChI is InChI=1S/C22H29N3O5S/c1-6-17-9-10-18(7-2)19(12-17)14-23-22(26)16(4)24(31(5,29)30)21-13-20(25(27)28)11-8-15(21)3/h8-13,16H,6-7,14H2,1-5H3,(H,23,26)/t16-/m1/s1. The number of non-ortho nitro benzene ring substituents is 1. The quantitative estimate of drug-likeness (QED) is 0.467. The first kappa shape index (κ1) is 24.3. The Kier molecular flexibility index (Phi) is 7.78. The van der Waals surface area contributed by atoms with Gasteiger partial charge in [-0.1, -0.05) is 38.1 Å². The van der Waals surface area contributed by atoms with Crippen LogP contribution in [0, 0.1) is 17.0 Å². The Morgan fingerprint density at radius 3 is 2.35 bits per heavy atom. The highest BCUT2D eigenvalue weighted by molar-refractivity contribution is 7.92. The van der Waals surface area contributed by atoms with Crippen LogP contribution >= 0.6 is 0 Å². The van der Waals surface area contributed by atoms with E-state index in [1.54, 1.807) is 6.92 Å². The van der Waals surface area contributed by atoms with Crippen LogP contribution in [0.4, 0.5) is 11.4 Å². The summed E-state index contributed by atoms with van der Waals surface area (Å²) in [7, 11) is -3.88. The zero-order valence-corrected chi connectivity index (χ0v) is 19.3. The summed E-state index contributed by atoms with van der Waals surface area (Å²) in [6, 6.07) is 9.01. The van der Waals surface area contributed by atoms with Gasteiger partial charge < -0.3 is 5.32 Å². The highest BCUT2D eigenvalue weighted by atomic mass is 32.2. The van der Waals surface area contributed by atoms with E-state index >= 15 is 0 Å². The Morgan fingerprint density at radius 2 is 1.81 bits per heavy atom. The first-order valence-electron chi connectivity index (χ1n) is 10.1. The van der Waals surface area contributed by atoms with Gasteiger partial charge in [0.1, 0.15) is 6.04 Å². The van der Waals surface area contributed by atoms with Crippen LogP contribution in [0.1, 0.15) is 43.0 Å². The number of carbonyl (C=O) groups is 1. The third kappa shape index (κ3) is 5.81. The molecular formula is C22H29N3O5S. The molecular weight excluding hydrogens is 418 g/mol. The van der Waals surface area contributed by atoms with Gasteiger partial charge in [-0.25, -0.2) is 8.42 Å². The van der Waals surface area contributed by atoms with Crippen LogP contribution in [-0.2, 0) is 34.2 Å². The van der Waals surface area contributed by atoms with Crippen LogP contribution < -0.4 is 9.62 Å². The van der Waals surface area contributed by atoms with Gasteiger partial charge in [0.2, 0.25) is 15.9 Å². The van der Waals surface area contributed by atoms with Gasteiger partial charge in [-0.3, -0.25) is 19.2 Å². The lowest BCUT2D eigenvalue weighted by Crippen LogP contribution is -2.48. The summed E-state index contributed by atoms with van der Waals surface area (Å²) in [5.41, 5.74) is 3.63. The SMILES string of the molecule is CCc1ccc(CC)c(CNC(=O)[C@@H](C)N(c2cc([N+](=O)[O-])ccc2C)S(C)(=O)=O)c1. The summed E-state index contributed by atoms with van der Waals surface area (Å²) in [4.78, 5) is 23.5. The molecule has 0 aliphatic rings. The molecule has 1 amide bonds. The van der Waals surface area contributed by atoms with Crippen molar-refractivity contribution in [1.82, 2.24) is 5.32 Å². The van der Waals surface area contributed by atoms with Crippen molar-refractivity contribution in [3.8, 4) is 0 Å². The van der Waals surface area contributed by atoms with E-state index in [2.05, 4.69) is 18.3 Å². The highest BCUT2D eigenvalue weighted by Gasteiger charge is 2.31. The number of benzene rings is 2. The molecule has 0 aromatic heterocycles. The van der Waals surface area contributed by atoms with Gasteiger partial charge in [0.05, 0.1) is 16.9 Å². The van der Waals surface area contributed by atoms with Gasteiger partial charge in [0.15, 0.2) is 0 Å². The topological polar surface area (TPSA) is 110 Å². The Bertz CT molecular complexity index is 1080. The van der Waals surface area contributed by atoms with Crippen molar-refractivity contribution in [2.45, 2.75) is 53.1 Å². The first-order valence-corrected chi connectivity index (χ1v) is 12.0. The molecule has 0 heterocycles. The molecule has 0 radical (unpaired) electrons. The average Bonchev–Trinajstić information content (AvgIpc) is 2.71. The molecule has 0 saturated carbocycles. The van der Waals surface area contributed by atoms with Crippen molar-refractivity contribution in [3.05, 3.63) is 68.8 Å². The lowest BCUT2D eigenvalue weighted by molar-refractivity contribution is -0.384. The normalized spacial score (nSPS) is 12.3. The predicted octanol–water partition coefficient (Wildman–Crippen LogP) is 3.50. The summed E-state index contributed by atoms with van der Waals surface area (Å²) < 4.78 is 26.0. The molecule has 0 fully saturated rings. The number of nitrogens with one attached hydrogen (secondary N) is 1. The molecule has 2 aromatic carbocycles. The second kappa shape index (κ2) is 9.91. The Morgan fingerprint density at radius 1 is 1.13 bits per heavy atom. The molecule has 0 bridgehead atoms. The number of aryl methyl sites for hydroxylation is 3. The van der Waals surface area contributed by atoms with E-state index in [1.807, 2.05) is 19.1 Å². The van der Waals surface area contributed by atoms with E-state index in [-0.39, 0.29) is 17.9 Å². The number of amides is 1. The van der Waals surface area contributed by atoms with Crippen LogP contribution in [0.3, 0.4) is 0 Å². The van der Waals surface area contributed by atoms with E-state index in [0.717, 1.165) is 40.1 Å². The van der Waals surface area contributed by atoms with E-state index in [1.165, 1.54) is 25.1 Å². The van der Waals surface area contributed by atoms with Gasteiger partial charge >= 0.3 is 0 Å². The van der Waals surface area contributed by atoms with Crippen molar-refractivity contribution in [1.29, 1.82) is 0 Å². The second-order valence-corrected chi connectivity index (χ2v) is 9.35. The number of nitro benzene ring substituents is 1. The molecule has 168 valence electrons. The van der Waals surface area contributed by atoms with Crippen LogP contribution in [0.5, 0.6) is 0 Å².